The van der Waals surface area contributed by atoms with E-state index in [1.807, 2.05) is 0 Å². The number of imide groups is 1. The molecule has 8 heteroatoms. The number of carbonyl (C=O) groups is 2. The summed E-state index contributed by atoms with van der Waals surface area (Å²) < 4.78 is 26.0. The molecule has 2 unspecified atom stereocenters. The standard InChI is InChI=1S/C8H7F2N4O2/c1-14(5(9)3-2-4-6(14)10)13-7(15)11-12-8(13)16/h2-5H,1H3/q+1. The van der Waals surface area contributed by atoms with Gasteiger partial charge in [0.15, 0.2) is 0 Å². The normalized spacial score (nSPS) is 33.6. The van der Waals surface area contributed by atoms with Crippen LogP contribution in [0.2, 0.25) is 0 Å². The van der Waals surface area contributed by atoms with Gasteiger partial charge in [-0.1, -0.05) is 15.2 Å². The second-order valence-electron chi connectivity index (χ2n) is 3.35. The minimum Gasteiger partial charge on any atom is -0.239 e. The summed E-state index contributed by atoms with van der Waals surface area (Å²) in [4.78, 5) is 22.4. The maximum Gasteiger partial charge on any atom is 0.416 e. The predicted octanol–water partition coefficient (Wildman–Crippen LogP) is 2.03. The molecular weight excluding hydrogens is 222 g/mol. The van der Waals surface area contributed by atoms with Gasteiger partial charge in [-0.3, -0.25) is 0 Å². The van der Waals surface area contributed by atoms with Crippen molar-refractivity contribution in [2.24, 2.45) is 10.2 Å². The molecule has 6 nitrogen and oxygen atoms in total. The van der Waals surface area contributed by atoms with Crippen LogP contribution in [0.25, 0.3) is 0 Å². The number of urea groups is 2. The molecule has 0 aromatic rings. The number of nitrogens with zero attached hydrogens (tertiary/aromatic N) is 4. The van der Waals surface area contributed by atoms with Crippen LogP contribution >= 0.6 is 0 Å². The number of amides is 4. The minimum absolute atomic E-state index is 0.319. The molecular formula is C8H7F2N4O2+. The number of alkyl halides is 1. The average molecular weight is 229 g/mol. The summed E-state index contributed by atoms with van der Waals surface area (Å²) in [5, 5.41) is 6.22. The Hall–Kier alpha value is -1.96. The van der Waals surface area contributed by atoms with Crippen molar-refractivity contribution >= 4 is 12.1 Å². The highest BCUT2D eigenvalue weighted by Gasteiger charge is 2.53. The van der Waals surface area contributed by atoms with E-state index in [1.165, 1.54) is 6.08 Å². The lowest BCUT2D eigenvalue weighted by Crippen LogP contribution is -2.61. The fourth-order valence-corrected chi connectivity index (χ4v) is 1.48. The van der Waals surface area contributed by atoms with E-state index in [0.717, 1.165) is 19.2 Å². The Morgan fingerprint density at radius 1 is 1.38 bits per heavy atom. The Morgan fingerprint density at radius 3 is 2.44 bits per heavy atom. The molecule has 0 fully saturated rings. The molecule has 2 aliphatic heterocycles. The first-order chi connectivity index (χ1) is 7.48. The van der Waals surface area contributed by atoms with Crippen LogP contribution in [0.15, 0.2) is 34.4 Å². The minimum atomic E-state index is -1.89. The van der Waals surface area contributed by atoms with E-state index in [2.05, 4.69) is 10.2 Å². The fourth-order valence-electron chi connectivity index (χ4n) is 1.48. The molecule has 2 heterocycles. The van der Waals surface area contributed by atoms with Gasteiger partial charge >= 0.3 is 18.0 Å². The Kier molecular flexibility index (Phi) is 2.16. The van der Waals surface area contributed by atoms with E-state index in [1.54, 1.807) is 0 Å². The van der Waals surface area contributed by atoms with Crippen molar-refractivity contribution in [1.82, 2.24) is 5.01 Å². The van der Waals surface area contributed by atoms with Crippen molar-refractivity contribution in [3.8, 4) is 0 Å². The van der Waals surface area contributed by atoms with Gasteiger partial charge in [0.25, 0.3) is 6.30 Å². The van der Waals surface area contributed by atoms with Gasteiger partial charge in [-0.05, 0) is 6.08 Å². The topological polar surface area (TPSA) is 62.1 Å². The summed E-state index contributed by atoms with van der Waals surface area (Å²) in [6, 6.07) is -2.18. The lowest BCUT2D eigenvalue weighted by Gasteiger charge is -2.36. The molecule has 0 saturated heterocycles. The van der Waals surface area contributed by atoms with Crippen molar-refractivity contribution in [2.45, 2.75) is 6.30 Å². The molecule has 0 aromatic carbocycles. The monoisotopic (exact) mass is 229 g/mol. The van der Waals surface area contributed by atoms with Crippen molar-refractivity contribution < 1.29 is 23.0 Å². The smallest absolute Gasteiger partial charge is 0.239 e. The van der Waals surface area contributed by atoms with Crippen LogP contribution in [0.5, 0.6) is 0 Å². The highest BCUT2D eigenvalue weighted by Crippen LogP contribution is 2.32. The zero-order valence-electron chi connectivity index (χ0n) is 8.17. The molecule has 0 radical (unpaired) electrons. The third-order valence-corrected chi connectivity index (χ3v) is 2.42. The van der Waals surface area contributed by atoms with Crippen LogP contribution < -0.4 is 0 Å². The predicted molar refractivity (Wildman–Crippen MR) is 46.9 cm³/mol. The van der Waals surface area contributed by atoms with Gasteiger partial charge in [-0.2, -0.15) is 4.39 Å². The van der Waals surface area contributed by atoms with Gasteiger partial charge in [0.05, 0.1) is 0 Å². The van der Waals surface area contributed by atoms with Crippen LogP contribution in [-0.4, -0.2) is 35.0 Å². The van der Waals surface area contributed by atoms with Crippen molar-refractivity contribution in [3.63, 3.8) is 0 Å². The van der Waals surface area contributed by atoms with Gasteiger partial charge < -0.3 is 0 Å². The van der Waals surface area contributed by atoms with Crippen molar-refractivity contribution in [1.29, 1.82) is 0 Å². The molecule has 2 atom stereocenters. The Morgan fingerprint density at radius 2 is 1.94 bits per heavy atom. The van der Waals surface area contributed by atoms with E-state index in [4.69, 9.17) is 0 Å². The molecule has 0 saturated carbocycles. The summed E-state index contributed by atoms with van der Waals surface area (Å²) in [6.07, 6.45) is 1.28. The molecule has 4 amide bonds. The number of quaternary nitrogens is 1. The molecule has 2 aliphatic rings. The molecule has 0 aromatic heterocycles. The Bertz CT molecular complexity index is 441. The molecule has 0 aliphatic carbocycles. The number of carbonyl (C=O) groups excluding carboxylic acids is 2. The summed E-state index contributed by atoms with van der Waals surface area (Å²) in [5.41, 5.74) is 0. The van der Waals surface area contributed by atoms with Gasteiger partial charge in [0, 0.05) is 12.2 Å². The summed E-state index contributed by atoms with van der Waals surface area (Å²) in [7, 11) is 1.05. The first-order valence-corrected chi connectivity index (χ1v) is 4.33. The van der Waals surface area contributed by atoms with E-state index in [-0.39, 0.29) is 0 Å². The van der Waals surface area contributed by atoms with Crippen molar-refractivity contribution in [3.05, 3.63) is 24.2 Å². The largest absolute Gasteiger partial charge is 0.416 e. The summed E-state index contributed by atoms with van der Waals surface area (Å²) in [6.45, 7) is 0. The first kappa shape index (κ1) is 10.6. The van der Waals surface area contributed by atoms with Crippen LogP contribution in [0.3, 0.4) is 0 Å². The van der Waals surface area contributed by atoms with Gasteiger partial charge in [-0.15, -0.1) is 8.98 Å². The number of hydrogen-bond acceptors (Lipinski definition) is 2. The summed E-state index contributed by atoms with van der Waals surface area (Å²) >= 11 is 0. The number of hydrogen-bond donors (Lipinski definition) is 0. The van der Waals surface area contributed by atoms with Gasteiger partial charge in [-0.25, -0.2) is 9.59 Å². The van der Waals surface area contributed by atoms with Crippen LogP contribution in [0.4, 0.5) is 18.4 Å². The van der Waals surface area contributed by atoms with Gasteiger partial charge in [0.2, 0.25) is 0 Å². The molecule has 0 N–H and O–H groups in total. The zero-order chi connectivity index (χ0) is 11.9. The van der Waals surface area contributed by atoms with Gasteiger partial charge in [0.1, 0.15) is 7.05 Å². The van der Waals surface area contributed by atoms with Crippen LogP contribution in [-0.2, 0) is 0 Å². The lowest BCUT2D eigenvalue weighted by molar-refractivity contribution is -0.997. The second-order valence-corrected chi connectivity index (χ2v) is 3.35. The Labute approximate surface area is 88.7 Å². The number of azo groups is 1. The summed E-state index contributed by atoms with van der Waals surface area (Å²) in [5.74, 6) is -0.982. The highest BCUT2D eigenvalue weighted by molar-refractivity contribution is 5.97. The maximum absolute atomic E-state index is 13.7. The van der Waals surface area contributed by atoms with E-state index in [0.29, 0.717) is 5.01 Å². The molecule has 0 spiro atoms. The molecule has 2 rings (SSSR count). The number of halogens is 2. The SMILES string of the molecule is C[N+]1(N2C(=O)N=NC2=O)C(F)=CC=CC1F. The first-order valence-electron chi connectivity index (χ1n) is 4.33. The number of allylic oxidation sites excluding steroid dienone is 2. The van der Waals surface area contributed by atoms with E-state index < -0.39 is 28.9 Å². The number of likely N-dealkylation sites (N-methyl/N-ethyl adjacent to an activating group) is 1. The van der Waals surface area contributed by atoms with E-state index >= 15 is 0 Å². The third kappa shape index (κ3) is 1.20. The molecule has 0 bridgehead atoms. The third-order valence-electron chi connectivity index (χ3n) is 2.42. The second kappa shape index (κ2) is 3.27. The lowest BCUT2D eigenvalue weighted by atomic mass is 10.3. The van der Waals surface area contributed by atoms with E-state index in [9.17, 15) is 18.4 Å². The maximum atomic E-state index is 13.7. The zero-order valence-corrected chi connectivity index (χ0v) is 8.17. The van der Waals surface area contributed by atoms with Crippen LogP contribution in [0.1, 0.15) is 0 Å². The fraction of sp³-hybridized carbons (Fsp3) is 0.250. The Balaban J connectivity index is 2.46. The number of rotatable bonds is 1. The molecule has 84 valence electrons. The van der Waals surface area contributed by atoms with Crippen molar-refractivity contribution in [2.75, 3.05) is 7.05 Å². The highest BCUT2D eigenvalue weighted by atomic mass is 19.2. The average Bonchev–Trinajstić information content (AvgIpc) is 2.55. The van der Waals surface area contributed by atoms with Crippen LogP contribution in [0, 0.1) is 0 Å². The quantitative estimate of drug-likeness (QED) is 0.510. The molecule has 16 heavy (non-hydrogen) atoms.